The highest BCUT2D eigenvalue weighted by Gasteiger charge is 2.19. The molecule has 0 aliphatic heterocycles. The lowest BCUT2D eigenvalue weighted by molar-refractivity contribution is 0.669. The van der Waals surface area contributed by atoms with Crippen LogP contribution in [0.5, 0.6) is 0 Å². The molecule has 0 radical (unpaired) electrons. The van der Waals surface area contributed by atoms with E-state index < -0.39 is 0 Å². The highest BCUT2D eigenvalue weighted by Crippen LogP contribution is 2.39. The first-order valence-corrected chi connectivity index (χ1v) is 17.1. The predicted molar refractivity (Wildman–Crippen MR) is 209 cm³/mol. The number of hydrogen-bond acceptors (Lipinski definition) is 4. The molecule has 0 saturated carbocycles. The van der Waals surface area contributed by atoms with Gasteiger partial charge in [-0.25, -0.2) is 15.0 Å². The smallest absolute Gasteiger partial charge is 0.164 e. The van der Waals surface area contributed by atoms with Gasteiger partial charge < -0.3 is 4.42 Å². The molecular formula is C47H29N3O. The van der Waals surface area contributed by atoms with Crippen molar-refractivity contribution < 1.29 is 4.42 Å². The van der Waals surface area contributed by atoms with Crippen LogP contribution < -0.4 is 0 Å². The third kappa shape index (κ3) is 4.96. The number of hydrogen-bond donors (Lipinski definition) is 0. The van der Waals surface area contributed by atoms with Gasteiger partial charge in [-0.1, -0.05) is 158 Å². The van der Waals surface area contributed by atoms with Crippen LogP contribution in [-0.2, 0) is 0 Å². The Balaban J connectivity index is 1.17. The molecule has 0 atom stereocenters. The van der Waals surface area contributed by atoms with Crippen molar-refractivity contribution in [3.8, 4) is 56.4 Å². The Morgan fingerprint density at radius 3 is 1.69 bits per heavy atom. The zero-order valence-corrected chi connectivity index (χ0v) is 27.5. The molecule has 0 fully saturated rings. The van der Waals surface area contributed by atoms with Crippen LogP contribution >= 0.6 is 0 Å². The predicted octanol–water partition coefficient (Wildman–Crippen LogP) is 12.4. The first-order chi connectivity index (χ1) is 25.3. The molecule has 0 spiro atoms. The molecule has 10 rings (SSSR count). The summed E-state index contributed by atoms with van der Waals surface area (Å²) >= 11 is 0. The molecule has 8 aromatic carbocycles. The zero-order valence-electron chi connectivity index (χ0n) is 27.5. The summed E-state index contributed by atoms with van der Waals surface area (Å²) in [6.07, 6.45) is 0. The van der Waals surface area contributed by atoms with Crippen molar-refractivity contribution in [2.24, 2.45) is 0 Å². The molecule has 0 unspecified atom stereocenters. The number of rotatable bonds is 5. The fourth-order valence-corrected chi connectivity index (χ4v) is 7.35. The normalized spacial score (nSPS) is 11.5. The molecular weight excluding hydrogens is 623 g/mol. The van der Waals surface area contributed by atoms with Crippen LogP contribution in [0.1, 0.15) is 0 Å². The minimum absolute atomic E-state index is 0.597. The summed E-state index contributed by atoms with van der Waals surface area (Å²) in [6.45, 7) is 0. The first kappa shape index (κ1) is 29.0. The Morgan fingerprint density at radius 1 is 0.314 bits per heavy atom. The highest BCUT2D eigenvalue weighted by atomic mass is 16.3. The number of nitrogens with zero attached hydrogens (tertiary/aromatic N) is 3. The molecule has 2 aromatic heterocycles. The zero-order chi connectivity index (χ0) is 33.7. The average Bonchev–Trinajstić information content (AvgIpc) is 3.60. The number of fused-ring (bicyclic) bond motifs is 6. The van der Waals surface area contributed by atoms with Gasteiger partial charge in [-0.2, -0.15) is 0 Å². The monoisotopic (exact) mass is 651 g/mol. The molecule has 0 saturated heterocycles. The Labute approximate surface area is 294 Å². The van der Waals surface area contributed by atoms with E-state index in [-0.39, 0.29) is 0 Å². The number of aromatic nitrogens is 3. The molecule has 0 N–H and O–H groups in total. The van der Waals surface area contributed by atoms with E-state index in [1.165, 1.54) is 27.1 Å². The van der Waals surface area contributed by atoms with E-state index in [1.807, 2.05) is 42.5 Å². The van der Waals surface area contributed by atoms with E-state index in [9.17, 15) is 0 Å². The molecule has 0 amide bonds. The van der Waals surface area contributed by atoms with Crippen molar-refractivity contribution in [1.82, 2.24) is 15.0 Å². The molecule has 10 aromatic rings. The maximum absolute atomic E-state index is 6.26. The minimum atomic E-state index is 0.597. The third-order valence-corrected chi connectivity index (χ3v) is 9.75. The van der Waals surface area contributed by atoms with Crippen LogP contribution in [0.4, 0.5) is 0 Å². The van der Waals surface area contributed by atoms with E-state index in [0.29, 0.717) is 17.5 Å². The van der Waals surface area contributed by atoms with Crippen molar-refractivity contribution in [2.75, 3.05) is 0 Å². The Morgan fingerprint density at radius 2 is 0.863 bits per heavy atom. The fourth-order valence-electron chi connectivity index (χ4n) is 7.35. The van der Waals surface area contributed by atoms with Crippen LogP contribution in [0.2, 0.25) is 0 Å². The summed E-state index contributed by atoms with van der Waals surface area (Å²) in [5.41, 5.74) is 8.89. The lowest BCUT2D eigenvalue weighted by Gasteiger charge is -2.13. The molecule has 238 valence electrons. The van der Waals surface area contributed by atoms with Crippen molar-refractivity contribution in [3.05, 3.63) is 176 Å². The molecule has 4 nitrogen and oxygen atoms in total. The van der Waals surface area contributed by atoms with Gasteiger partial charge >= 0.3 is 0 Å². The standard InChI is InChI=1S/C47H29N3O/c1-2-13-30(14-3-1)34-16-6-9-20-38(34)46-48-45(49-47(50-46)40-22-12-24-43-44(40)39-21-10-11-23-42(39)51-43)32-27-25-31(26-28-32)41-29-33-15-4-5-17-35(33)36-18-7-8-19-37(36)41/h1-29H. The van der Waals surface area contributed by atoms with Gasteiger partial charge in [0.15, 0.2) is 17.5 Å². The van der Waals surface area contributed by atoms with E-state index in [2.05, 4.69) is 133 Å². The van der Waals surface area contributed by atoms with Gasteiger partial charge in [-0.15, -0.1) is 0 Å². The molecule has 0 aliphatic carbocycles. The summed E-state index contributed by atoms with van der Waals surface area (Å²) < 4.78 is 6.26. The topological polar surface area (TPSA) is 51.8 Å². The van der Waals surface area contributed by atoms with Crippen molar-refractivity contribution in [3.63, 3.8) is 0 Å². The summed E-state index contributed by atoms with van der Waals surface area (Å²) in [5, 5.41) is 6.98. The van der Waals surface area contributed by atoms with Crippen LogP contribution in [0.3, 0.4) is 0 Å². The van der Waals surface area contributed by atoms with Gasteiger partial charge in [0.05, 0.1) is 0 Å². The number of para-hydroxylation sites is 1. The second-order valence-electron chi connectivity index (χ2n) is 12.8. The van der Waals surface area contributed by atoms with Crippen molar-refractivity contribution in [1.29, 1.82) is 0 Å². The second kappa shape index (κ2) is 11.9. The van der Waals surface area contributed by atoms with Crippen LogP contribution in [0.15, 0.2) is 180 Å². The maximum Gasteiger partial charge on any atom is 0.164 e. The van der Waals surface area contributed by atoms with Crippen LogP contribution in [-0.4, -0.2) is 15.0 Å². The van der Waals surface area contributed by atoms with E-state index in [4.69, 9.17) is 19.4 Å². The van der Waals surface area contributed by atoms with E-state index in [1.54, 1.807) is 0 Å². The van der Waals surface area contributed by atoms with Gasteiger partial charge in [0.1, 0.15) is 11.2 Å². The Kier molecular flexibility index (Phi) is 6.78. The Bertz CT molecular complexity index is 2910. The van der Waals surface area contributed by atoms with E-state index >= 15 is 0 Å². The molecule has 0 aliphatic rings. The Hall–Kier alpha value is -6.91. The SMILES string of the molecule is c1ccc(-c2ccccc2-c2nc(-c3ccc(-c4cc5ccccc5c5ccccc45)cc3)nc(-c3cccc4oc5ccccc5c34)n2)cc1. The molecule has 4 heteroatoms. The maximum atomic E-state index is 6.26. The summed E-state index contributed by atoms with van der Waals surface area (Å²) in [5.74, 6) is 1.82. The quantitative estimate of drug-likeness (QED) is 0.174. The van der Waals surface area contributed by atoms with Gasteiger partial charge in [-0.3, -0.25) is 0 Å². The van der Waals surface area contributed by atoms with Crippen molar-refractivity contribution >= 4 is 43.5 Å². The van der Waals surface area contributed by atoms with Gasteiger partial charge in [-0.05, 0) is 62.0 Å². The first-order valence-electron chi connectivity index (χ1n) is 17.1. The van der Waals surface area contributed by atoms with Gasteiger partial charge in [0.25, 0.3) is 0 Å². The molecule has 2 heterocycles. The average molecular weight is 652 g/mol. The minimum Gasteiger partial charge on any atom is -0.456 e. The summed E-state index contributed by atoms with van der Waals surface area (Å²) in [7, 11) is 0. The summed E-state index contributed by atoms with van der Waals surface area (Å²) in [4.78, 5) is 15.5. The molecule has 0 bridgehead atoms. The number of benzene rings is 8. The van der Waals surface area contributed by atoms with E-state index in [0.717, 1.165) is 55.3 Å². The lowest BCUT2D eigenvalue weighted by atomic mass is 9.93. The summed E-state index contributed by atoms with van der Waals surface area (Å²) in [6, 6.07) is 61.0. The largest absolute Gasteiger partial charge is 0.456 e. The number of furan rings is 1. The van der Waals surface area contributed by atoms with Crippen LogP contribution in [0, 0.1) is 0 Å². The molecule has 51 heavy (non-hydrogen) atoms. The lowest BCUT2D eigenvalue weighted by Crippen LogP contribution is -2.01. The fraction of sp³-hybridized carbons (Fsp3) is 0. The van der Waals surface area contributed by atoms with Crippen LogP contribution in [0.25, 0.3) is 99.9 Å². The van der Waals surface area contributed by atoms with Crippen molar-refractivity contribution in [2.45, 2.75) is 0 Å². The van der Waals surface area contributed by atoms with Gasteiger partial charge in [0, 0.05) is 27.5 Å². The van der Waals surface area contributed by atoms with Gasteiger partial charge in [0.2, 0.25) is 0 Å². The third-order valence-electron chi connectivity index (χ3n) is 9.75. The highest BCUT2D eigenvalue weighted by molar-refractivity contribution is 6.14. The second-order valence-corrected chi connectivity index (χ2v) is 12.8.